The van der Waals surface area contributed by atoms with E-state index >= 15 is 0 Å². The number of carbonyl (C=O) groups excluding carboxylic acids is 2. The number of aryl methyl sites for hydroxylation is 1. The second-order valence-corrected chi connectivity index (χ2v) is 8.19. The van der Waals surface area contributed by atoms with E-state index in [4.69, 9.17) is 16.1 Å². The van der Waals surface area contributed by atoms with Crippen LogP contribution >= 0.6 is 11.6 Å². The van der Waals surface area contributed by atoms with E-state index in [-0.39, 0.29) is 39.0 Å². The number of anilines is 1. The van der Waals surface area contributed by atoms with Crippen LogP contribution in [0.1, 0.15) is 53.7 Å². The standard InChI is InChI=1S/C23H23ClFN3O3/c1-5-23(3,4)27-21(29)14-9-11-15(12-10-14)26-22(30)18-13(2)31-28-20(18)19-16(24)7-6-8-17(19)25/h6-12H,5H2,1-4H3,(H,26,30)(H,27,29). The minimum Gasteiger partial charge on any atom is -0.360 e. The summed E-state index contributed by atoms with van der Waals surface area (Å²) in [6.45, 7) is 7.44. The lowest BCUT2D eigenvalue weighted by Gasteiger charge is -2.24. The topological polar surface area (TPSA) is 84.2 Å². The zero-order valence-corrected chi connectivity index (χ0v) is 18.4. The zero-order valence-electron chi connectivity index (χ0n) is 17.7. The molecule has 0 unspecified atom stereocenters. The average Bonchev–Trinajstić information content (AvgIpc) is 3.09. The Morgan fingerprint density at radius 1 is 1.13 bits per heavy atom. The van der Waals surface area contributed by atoms with Crippen LogP contribution in [0.25, 0.3) is 11.3 Å². The lowest BCUT2D eigenvalue weighted by atomic mass is 10.0. The molecule has 2 N–H and O–H groups in total. The second-order valence-electron chi connectivity index (χ2n) is 7.78. The molecule has 6 nitrogen and oxygen atoms in total. The van der Waals surface area contributed by atoms with Crippen molar-refractivity contribution >= 4 is 29.1 Å². The highest BCUT2D eigenvalue weighted by molar-refractivity contribution is 6.33. The Morgan fingerprint density at radius 3 is 2.42 bits per heavy atom. The molecule has 2 amide bonds. The van der Waals surface area contributed by atoms with Gasteiger partial charge in [-0.2, -0.15) is 0 Å². The maximum Gasteiger partial charge on any atom is 0.261 e. The molecule has 1 heterocycles. The maximum absolute atomic E-state index is 14.3. The Kier molecular flexibility index (Phi) is 6.45. The molecule has 0 aliphatic carbocycles. The molecule has 162 valence electrons. The molecule has 0 saturated carbocycles. The summed E-state index contributed by atoms with van der Waals surface area (Å²) in [5, 5.41) is 9.63. The molecule has 3 rings (SSSR count). The number of nitrogens with one attached hydrogen (secondary N) is 2. The highest BCUT2D eigenvalue weighted by atomic mass is 35.5. The Hall–Kier alpha value is -3.19. The first-order chi connectivity index (χ1) is 14.6. The lowest BCUT2D eigenvalue weighted by molar-refractivity contribution is 0.0910. The van der Waals surface area contributed by atoms with Gasteiger partial charge in [-0.05, 0) is 63.6 Å². The van der Waals surface area contributed by atoms with Crippen LogP contribution in [-0.4, -0.2) is 22.5 Å². The Bertz CT molecular complexity index is 1100. The van der Waals surface area contributed by atoms with Crippen LogP contribution in [0.4, 0.5) is 10.1 Å². The van der Waals surface area contributed by atoms with Crippen molar-refractivity contribution in [3.8, 4) is 11.3 Å². The van der Waals surface area contributed by atoms with Gasteiger partial charge in [0, 0.05) is 16.8 Å². The van der Waals surface area contributed by atoms with Crippen molar-refractivity contribution < 1.29 is 18.5 Å². The van der Waals surface area contributed by atoms with Crippen molar-refractivity contribution in [2.24, 2.45) is 0 Å². The normalized spacial score (nSPS) is 11.3. The van der Waals surface area contributed by atoms with Gasteiger partial charge >= 0.3 is 0 Å². The van der Waals surface area contributed by atoms with Gasteiger partial charge in [0.2, 0.25) is 0 Å². The van der Waals surface area contributed by atoms with E-state index in [0.717, 1.165) is 6.42 Å². The fourth-order valence-electron chi connectivity index (χ4n) is 2.90. The minimum absolute atomic E-state index is 0.00303. The van der Waals surface area contributed by atoms with Crippen LogP contribution < -0.4 is 10.6 Å². The number of hydrogen-bond donors (Lipinski definition) is 2. The van der Waals surface area contributed by atoms with Crippen LogP contribution in [0, 0.1) is 12.7 Å². The molecule has 0 radical (unpaired) electrons. The predicted molar refractivity (Wildman–Crippen MR) is 118 cm³/mol. The van der Waals surface area contributed by atoms with Crippen molar-refractivity contribution in [1.82, 2.24) is 10.5 Å². The van der Waals surface area contributed by atoms with Gasteiger partial charge in [-0.1, -0.05) is 29.7 Å². The van der Waals surface area contributed by atoms with E-state index in [0.29, 0.717) is 11.3 Å². The summed E-state index contributed by atoms with van der Waals surface area (Å²) >= 11 is 6.12. The molecular weight excluding hydrogens is 421 g/mol. The molecular formula is C23H23ClFN3O3. The summed E-state index contributed by atoms with van der Waals surface area (Å²) in [4.78, 5) is 25.3. The third kappa shape index (κ3) is 4.94. The highest BCUT2D eigenvalue weighted by Crippen LogP contribution is 2.33. The van der Waals surface area contributed by atoms with Crippen molar-refractivity contribution in [3.63, 3.8) is 0 Å². The van der Waals surface area contributed by atoms with Crippen LogP contribution in [0.5, 0.6) is 0 Å². The number of amides is 2. The predicted octanol–water partition coefficient (Wildman–Crippen LogP) is 5.61. The quantitative estimate of drug-likeness (QED) is 0.518. The van der Waals surface area contributed by atoms with Gasteiger partial charge in [-0.25, -0.2) is 4.39 Å². The molecule has 3 aromatic rings. The average molecular weight is 444 g/mol. The molecule has 0 atom stereocenters. The summed E-state index contributed by atoms with van der Waals surface area (Å²) in [6.07, 6.45) is 0.791. The molecule has 1 aromatic heterocycles. The van der Waals surface area contributed by atoms with Gasteiger partial charge in [-0.3, -0.25) is 9.59 Å². The monoisotopic (exact) mass is 443 g/mol. The van der Waals surface area contributed by atoms with Crippen molar-refractivity contribution in [3.05, 3.63) is 70.2 Å². The van der Waals surface area contributed by atoms with Crippen LogP contribution in [0.3, 0.4) is 0 Å². The first kappa shape index (κ1) is 22.5. The van der Waals surface area contributed by atoms with Gasteiger partial charge in [0.1, 0.15) is 22.8 Å². The number of carbonyl (C=O) groups is 2. The van der Waals surface area contributed by atoms with Crippen LogP contribution in [0.2, 0.25) is 5.02 Å². The summed E-state index contributed by atoms with van der Waals surface area (Å²) in [5.74, 6) is -1.11. The van der Waals surface area contributed by atoms with Gasteiger partial charge in [-0.15, -0.1) is 0 Å². The molecule has 0 fully saturated rings. The molecule has 8 heteroatoms. The van der Waals surface area contributed by atoms with E-state index in [2.05, 4.69) is 15.8 Å². The molecule has 0 spiro atoms. The van der Waals surface area contributed by atoms with Crippen LogP contribution in [0.15, 0.2) is 47.0 Å². The minimum atomic E-state index is -0.611. The van der Waals surface area contributed by atoms with Crippen molar-refractivity contribution in [1.29, 1.82) is 0 Å². The summed E-state index contributed by atoms with van der Waals surface area (Å²) in [6, 6.07) is 10.7. The molecule has 2 aromatic carbocycles. The molecule has 0 bridgehead atoms. The number of halogens is 2. The first-order valence-electron chi connectivity index (χ1n) is 9.77. The van der Waals surface area contributed by atoms with Gasteiger partial charge in [0.15, 0.2) is 0 Å². The fourth-order valence-corrected chi connectivity index (χ4v) is 3.15. The van der Waals surface area contributed by atoms with E-state index in [1.165, 1.54) is 18.2 Å². The number of hydrogen-bond acceptors (Lipinski definition) is 4. The third-order valence-corrected chi connectivity index (χ3v) is 5.35. The molecule has 0 aliphatic heterocycles. The van der Waals surface area contributed by atoms with Crippen molar-refractivity contribution in [2.45, 2.75) is 39.7 Å². The summed E-state index contributed by atoms with van der Waals surface area (Å²) in [5.41, 5.74) is 0.716. The van der Waals surface area contributed by atoms with E-state index < -0.39 is 11.7 Å². The smallest absolute Gasteiger partial charge is 0.261 e. The summed E-state index contributed by atoms with van der Waals surface area (Å²) < 4.78 is 19.5. The maximum atomic E-state index is 14.3. The lowest BCUT2D eigenvalue weighted by Crippen LogP contribution is -2.42. The SMILES string of the molecule is CCC(C)(C)NC(=O)c1ccc(NC(=O)c2c(-c3c(F)cccc3Cl)noc2C)cc1. The van der Waals surface area contributed by atoms with Crippen LogP contribution in [-0.2, 0) is 0 Å². The molecule has 0 saturated heterocycles. The number of benzene rings is 2. The van der Waals surface area contributed by atoms with Gasteiger partial charge in [0.05, 0.1) is 10.6 Å². The molecule has 0 aliphatic rings. The number of nitrogens with zero attached hydrogens (tertiary/aromatic N) is 1. The Balaban J connectivity index is 1.82. The number of aromatic nitrogens is 1. The Labute approximate surface area is 184 Å². The highest BCUT2D eigenvalue weighted by Gasteiger charge is 2.25. The zero-order chi connectivity index (χ0) is 22.8. The van der Waals surface area contributed by atoms with Gasteiger partial charge < -0.3 is 15.2 Å². The third-order valence-electron chi connectivity index (χ3n) is 5.03. The number of rotatable bonds is 6. The Morgan fingerprint density at radius 2 is 1.81 bits per heavy atom. The van der Waals surface area contributed by atoms with E-state index in [1.54, 1.807) is 31.2 Å². The molecule has 31 heavy (non-hydrogen) atoms. The van der Waals surface area contributed by atoms with Crippen molar-refractivity contribution in [2.75, 3.05) is 5.32 Å². The largest absolute Gasteiger partial charge is 0.360 e. The summed E-state index contributed by atoms with van der Waals surface area (Å²) in [7, 11) is 0. The second kappa shape index (κ2) is 8.89. The first-order valence-corrected chi connectivity index (χ1v) is 10.2. The van der Waals surface area contributed by atoms with E-state index in [9.17, 15) is 14.0 Å². The fraction of sp³-hybridized carbons (Fsp3) is 0.261. The van der Waals surface area contributed by atoms with E-state index in [1.807, 2.05) is 20.8 Å². The van der Waals surface area contributed by atoms with Gasteiger partial charge in [0.25, 0.3) is 11.8 Å².